The molecule has 2 rings (SSSR count). The number of anilines is 1. The van der Waals surface area contributed by atoms with Crippen LogP contribution in [0.5, 0.6) is 0 Å². The van der Waals surface area contributed by atoms with Crippen molar-refractivity contribution in [2.75, 3.05) is 24.1 Å². The van der Waals surface area contributed by atoms with Gasteiger partial charge in [0.05, 0.1) is 6.26 Å². The number of benzene rings is 1. The lowest BCUT2D eigenvalue weighted by Gasteiger charge is -2.32. The highest BCUT2D eigenvalue weighted by Crippen LogP contribution is 2.16. The Bertz CT molecular complexity index is 797. The number of sulfonamides is 1. The van der Waals surface area contributed by atoms with Gasteiger partial charge in [0.1, 0.15) is 5.78 Å². The van der Waals surface area contributed by atoms with E-state index in [4.69, 9.17) is 0 Å². The molecule has 0 spiro atoms. The standard InChI is InChI=1S/C18H25N3O5S/c1-13(22)3-8-17(23)19-15-9-11-21(12-10-15)18(24)14-4-6-16(7-5-14)20-27(2,25)26/h4-7,15,20H,3,8-12H2,1-2H3,(H,19,23). The average molecular weight is 395 g/mol. The zero-order chi connectivity index (χ0) is 20.0. The van der Waals surface area contributed by atoms with Crippen molar-refractivity contribution in [3.8, 4) is 0 Å². The van der Waals surface area contributed by atoms with Crippen molar-refractivity contribution in [2.45, 2.75) is 38.6 Å². The number of nitrogens with zero attached hydrogens (tertiary/aromatic N) is 1. The third kappa shape index (κ3) is 7.01. The molecule has 1 saturated heterocycles. The van der Waals surface area contributed by atoms with Crippen LogP contribution in [0.15, 0.2) is 24.3 Å². The van der Waals surface area contributed by atoms with E-state index in [1.54, 1.807) is 29.2 Å². The van der Waals surface area contributed by atoms with E-state index < -0.39 is 10.0 Å². The number of nitrogens with one attached hydrogen (secondary N) is 2. The molecule has 1 fully saturated rings. The van der Waals surface area contributed by atoms with Crippen molar-refractivity contribution in [3.05, 3.63) is 29.8 Å². The highest BCUT2D eigenvalue weighted by molar-refractivity contribution is 7.92. The summed E-state index contributed by atoms with van der Waals surface area (Å²) in [6.45, 7) is 2.51. The molecular weight excluding hydrogens is 370 g/mol. The molecule has 0 unspecified atom stereocenters. The van der Waals surface area contributed by atoms with Gasteiger partial charge in [0.15, 0.2) is 0 Å². The van der Waals surface area contributed by atoms with Crippen LogP contribution in [0.2, 0.25) is 0 Å². The lowest BCUT2D eigenvalue weighted by Crippen LogP contribution is -2.46. The fraction of sp³-hybridized carbons (Fsp3) is 0.500. The number of carbonyl (C=O) groups is 3. The van der Waals surface area contributed by atoms with Crippen LogP contribution in [0.4, 0.5) is 5.69 Å². The monoisotopic (exact) mass is 395 g/mol. The molecule has 1 aliphatic rings. The molecule has 0 saturated carbocycles. The number of rotatable bonds is 7. The fourth-order valence-corrected chi connectivity index (χ4v) is 3.46. The van der Waals surface area contributed by atoms with Crippen molar-refractivity contribution >= 4 is 33.3 Å². The molecule has 1 aromatic carbocycles. The maximum absolute atomic E-state index is 12.6. The number of carbonyl (C=O) groups excluding carboxylic acids is 3. The molecular formula is C18H25N3O5S. The molecule has 0 aromatic heterocycles. The molecule has 1 aromatic rings. The van der Waals surface area contributed by atoms with Crippen molar-refractivity contribution in [1.29, 1.82) is 0 Å². The van der Waals surface area contributed by atoms with Gasteiger partial charge in [-0.3, -0.25) is 14.3 Å². The summed E-state index contributed by atoms with van der Waals surface area (Å²) in [5.41, 5.74) is 0.888. The van der Waals surface area contributed by atoms with E-state index in [0.29, 0.717) is 37.2 Å². The summed E-state index contributed by atoms with van der Waals surface area (Å²) in [7, 11) is -3.35. The minimum atomic E-state index is -3.35. The Kier molecular flexibility index (Phi) is 6.95. The van der Waals surface area contributed by atoms with Crippen molar-refractivity contribution in [2.24, 2.45) is 0 Å². The van der Waals surface area contributed by atoms with Crippen LogP contribution in [0.1, 0.15) is 43.0 Å². The topological polar surface area (TPSA) is 113 Å². The first-order chi connectivity index (χ1) is 12.6. The van der Waals surface area contributed by atoms with Crippen LogP contribution in [0.3, 0.4) is 0 Å². The minimum absolute atomic E-state index is 0.00912. The first-order valence-electron chi connectivity index (χ1n) is 8.80. The summed E-state index contributed by atoms with van der Waals surface area (Å²) in [5, 5.41) is 2.91. The smallest absolute Gasteiger partial charge is 0.253 e. The maximum atomic E-state index is 12.6. The Morgan fingerprint density at radius 3 is 2.19 bits per heavy atom. The van der Waals surface area contributed by atoms with Crippen LogP contribution in [-0.2, 0) is 19.6 Å². The van der Waals surface area contributed by atoms with Gasteiger partial charge in [-0.25, -0.2) is 8.42 Å². The zero-order valence-corrected chi connectivity index (χ0v) is 16.3. The van der Waals surface area contributed by atoms with Crippen molar-refractivity contribution in [3.63, 3.8) is 0 Å². The summed E-state index contributed by atoms with van der Waals surface area (Å²) >= 11 is 0. The van der Waals surface area contributed by atoms with Gasteiger partial charge >= 0.3 is 0 Å². The Labute approximate surface area is 159 Å². The Balaban J connectivity index is 1.84. The van der Waals surface area contributed by atoms with Gasteiger partial charge in [-0.05, 0) is 44.0 Å². The molecule has 1 heterocycles. The van der Waals surface area contributed by atoms with E-state index in [0.717, 1.165) is 6.26 Å². The third-order valence-corrected chi connectivity index (χ3v) is 4.89. The predicted molar refractivity (Wildman–Crippen MR) is 102 cm³/mol. The molecule has 8 nitrogen and oxygen atoms in total. The SMILES string of the molecule is CC(=O)CCC(=O)NC1CCN(C(=O)c2ccc(NS(C)(=O)=O)cc2)CC1. The highest BCUT2D eigenvalue weighted by atomic mass is 32.2. The molecule has 27 heavy (non-hydrogen) atoms. The second kappa shape index (κ2) is 8.98. The van der Waals surface area contributed by atoms with Gasteiger partial charge in [0.2, 0.25) is 15.9 Å². The molecule has 0 bridgehead atoms. The molecule has 1 aliphatic heterocycles. The van der Waals surface area contributed by atoms with E-state index in [-0.39, 0.29) is 36.5 Å². The number of Topliss-reactive ketones (excluding diaryl/α,β-unsaturated/α-hetero) is 1. The second-order valence-corrected chi connectivity index (χ2v) is 8.54. The van der Waals surface area contributed by atoms with Crippen LogP contribution in [0, 0.1) is 0 Å². The Hall–Kier alpha value is -2.42. The molecule has 2 amide bonds. The lowest BCUT2D eigenvalue weighted by molar-refractivity contribution is -0.125. The molecule has 0 aliphatic carbocycles. The fourth-order valence-electron chi connectivity index (χ4n) is 2.89. The Morgan fingerprint density at radius 1 is 1.07 bits per heavy atom. The number of piperidine rings is 1. The number of hydrogen-bond acceptors (Lipinski definition) is 5. The van der Waals surface area contributed by atoms with Gasteiger partial charge < -0.3 is 15.0 Å². The van der Waals surface area contributed by atoms with Gasteiger partial charge in [0.25, 0.3) is 5.91 Å². The number of ketones is 1. The number of likely N-dealkylation sites (tertiary alicyclic amines) is 1. The molecule has 2 N–H and O–H groups in total. The van der Waals surface area contributed by atoms with Crippen LogP contribution >= 0.6 is 0 Å². The minimum Gasteiger partial charge on any atom is -0.353 e. The van der Waals surface area contributed by atoms with E-state index in [1.807, 2.05) is 0 Å². The summed E-state index contributed by atoms with van der Waals surface area (Å²) in [6.07, 6.45) is 2.82. The lowest BCUT2D eigenvalue weighted by atomic mass is 10.0. The van der Waals surface area contributed by atoms with Crippen LogP contribution in [-0.4, -0.2) is 56.3 Å². The van der Waals surface area contributed by atoms with Gasteiger partial charge in [-0.2, -0.15) is 0 Å². The van der Waals surface area contributed by atoms with E-state index in [1.165, 1.54) is 6.92 Å². The summed E-state index contributed by atoms with van der Waals surface area (Å²) in [5.74, 6) is -0.269. The summed E-state index contributed by atoms with van der Waals surface area (Å²) in [6, 6.07) is 6.29. The average Bonchev–Trinajstić information content (AvgIpc) is 2.59. The van der Waals surface area contributed by atoms with Gasteiger partial charge in [0, 0.05) is 43.2 Å². The van der Waals surface area contributed by atoms with Gasteiger partial charge in [-0.15, -0.1) is 0 Å². The zero-order valence-electron chi connectivity index (χ0n) is 15.5. The summed E-state index contributed by atoms with van der Waals surface area (Å²) < 4.78 is 24.8. The number of hydrogen-bond donors (Lipinski definition) is 2. The largest absolute Gasteiger partial charge is 0.353 e. The first kappa shape index (κ1) is 20.9. The van der Waals surface area contributed by atoms with Crippen LogP contribution in [0.25, 0.3) is 0 Å². The quantitative estimate of drug-likeness (QED) is 0.719. The third-order valence-electron chi connectivity index (χ3n) is 4.29. The van der Waals surface area contributed by atoms with Gasteiger partial charge in [-0.1, -0.05) is 0 Å². The first-order valence-corrected chi connectivity index (χ1v) is 10.7. The van der Waals surface area contributed by atoms with E-state index >= 15 is 0 Å². The van der Waals surface area contributed by atoms with Crippen LogP contribution < -0.4 is 10.0 Å². The normalized spacial score (nSPS) is 15.3. The second-order valence-electron chi connectivity index (χ2n) is 6.79. The highest BCUT2D eigenvalue weighted by Gasteiger charge is 2.24. The Morgan fingerprint density at radius 2 is 1.67 bits per heavy atom. The van der Waals surface area contributed by atoms with E-state index in [2.05, 4.69) is 10.0 Å². The molecule has 0 atom stereocenters. The number of amides is 2. The van der Waals surface area contributed by atoms with Crippen molar-refractivity contribution in [1.82, 2.24) is 10.2 Å². The van der Waals surface area contributed by atoms with E-state index in [9.17, 15) is 22.8 Å². The summed E-state index contributed by atoms with van der Waals surface area (Å²) in [4.78, 5) is 37.0. The molecule has 9 heteroatoms. The molecule has 0 radical (unpaired) electrons. The maximum Gasteiger partial charge on any atom is 0.253 e. The predicted octanol–water partition coefficient (Wildman–Crippen LogP) is 1.15. The van der Waals surface area contributed by atoms with Crippen molar-refractivity contribution < 1.29 is 22.8 Å². The molecule has 148 valence electrons.